The summed E-state index contributed by atoms with van der Waals surface area (Å²) in [4.78, 5) is 10.7. The monoisotopic (exact) mass is 265 g/mol. The van der Waals surface area contributed by atoms with Crippen LogP contribution in [0.15, 0.2) is 0 Å². The minimum Gasteiger partial charge on any atom is -0.370 e. The molecule has 4 N–H and O–H groups in total. The third-order valence-corrected chi connectivity index (χ3v) is 3.92. The van der Waals surface area contributed by atoms with Crippen LogP contribution in [0, 0.1) is 10.8 Å². The third-order valence-electron chi connectivity index (χ3n) is 2.11. The van der Waals surface area contributed by atoms with Crippen molar-refractivity contribution < 1.29 is 4.79 Å². The molecule has 0 atom stereocenters. The maximum atomic E-state index is 10.7. The van der Waals surface area contributed by atoms with Gasteiger partial charge in [0.1, 0.15) is 0 Å². The highest BCUT2D eigenvalue weighted by atomic mass is 79.9. The van der Waals surface area contributed by atoms with Gasteiger partial charge in [0, 0.05) is 28.3 Å². The van der Waals surface area contributed by atoms with Crippen LogP contribution in [0.3, 0.4) is 0 Å². The molecule has 0 heterocycles. The molecule has 0 aliphatic heterocycles. The maximum absolute atomic E-state index is 10.7. The van der Waals surface area contributed by atoms with E-state index in [1.165, 1.54) is 11.8 Å². The molecule has 13 heavy (non-hydrogen) atoms. The lowest BCUT2D eigenvalue weighted by Crippen LogP contribution is -2.20. The summed E-state index contributed by atoms with van der Waals surface area (Å²) in [6.45, 7) is 0. The summed E-state index contributed by atoms with van der Waals surface area (Å²) < 4.78 is 2.56. The Bertz CT molecular complexity index is 230. The SMILES string of the molecule is N=C(NBr)SCC1(CC(N)=O)CC1. The number of nitrogens with two attached hydrogens (primary N) is 1. The summed E-state index contributed by atoms with van der Waals surface area (Å²) in [6, 6.07) is 0. The second-order valence-corrected chi connectivity index (χ2v) is 4.74. The molecule has 1 fully saturated rings. The molecule has 0 unspecified atom stereocenters. The molecular formula is C7H12BrN3OS. The fourth-order valence-corrected chi connectivity index (χ4v) is 2.41. The Morgan fingerprint density at radius 3 is 2.69 bits per heavy atom. The Morgan fingerprint density at radius 1 is 1.69 bits per heavy atom. The van der Waals surface area contributed by atoms with Gasteiger partial charge in [-0.1, -0.05) is 11.8 Å². The Kier molecular flexibility index (Phi) is 3.61. The molecule has 74 valence electrons. The average Bonchev–Trinajstić information content (AvgIpc) is 2.80. The van der Waals surface area contributed by atoms with Crippen molar-refractivity contribution in [2.45, 2.75) is 19.3 Å². The van der Waals surface area contributed by atoms with Crippen LogP contribution in [0.1, 0.15) is 19.3 Å². The number of amides is 1. The second kappa shape index (κ2) is 4.32. The van der Waals surface area contributed by atoms with Crippen LogP contribution in [0.4, 0.5) is 0 Å². The van der Waals surface area contributed by atoms with Crippen LogP contribution in [-0.2, 0) is 4.79 Å². The lowest BCUT2D eigenvalue weighted by atomic mass is 10.1. The van der Waals surface area contributed by atoms with Gasteiger partial charge in [-0.05, 0) is 18.3 Å². The number of hydrogen-bond acceptors (Lipinski definition) is 3. The number of amidine groups is 1. The standard InChI is InChI=1S/C7H12BrN3OS/c8-11-6(10)13-4-7(1-2-7)3-5(9)12/h1-4H2,(H2,9,12)(H2,10,11). The van der Waals surface area contributed by atoms with Gasteiger partial charge in [-0.2, -0.15) is 0 Å². The fourth-order valence-electron chi connectivity index (χ4n) is 1.17. The fraction of sp³-hybridized carbons (Fsp3) is 0.714. The first-order chi connectivity index (χ1) is 6.08. The van der Waals surface area contributed by atoms with Crippen molar-refractivity contribution in [1.82, 2.24) is 4.34 Å². The molecule has 1 saturated carbocycles. The molecular weight excluding hydrogens is 254 g/mol. The zero-order valence-electron chi connectivity index (χ0n) is 7.10. The molecule has 0 aromatic heterocycles. The van der Waals surface area contributed by atoms with Crippen LogP contribution in [0.2, 0.25) is 0 Å². The average molecular weight is 266 g/mol. The first-order valence-electron chi connectivity index (χ1n) is 3.94. The Morgan fingerprint density at radius 2 is 2.31 bits per heavy atom. The molecule has 6 heteroatoms. The molecule has 4 nitrogen and oxygen atoms in total. The molecule has 0 radical (unpaired) electrons. The second-order valence-electron chi connectivity index (χ2n) is 3.36. The minimum atomic E-state index is -0.239. The Balaban J connectivity index is 2.27. The smallest absolute Gasteiger partial charge is 0.218 e. The summed E-state index contributed by atoms with van der Waals surface area (Å²) in [5.74, 6) is 0.560. The van der Waals surface area contributed by atoms with Crippen molar-refractivity contribution >= 4 is 39.0 Å². The first kappa shape index (κ1) is 10.8. The molecule has 0 aromatic rings. The molecule has 1 amide bonds. The zero-order chi connectivity index (χ0) is 9.90. The van der Waals surface area contributed by atoms with Crippen LogP contribution >= 0.6 is 27.9 Å². The maximum Gasteiger partial charge on any atom is 0.218 e. The number of nitrogens with one attached hydrogen (secondary N) is 2. The number of thioether (sulfide) groups is 1. The highest BCUT2D eigenvalue weighted by molar-refractivity contribution is 9.08. The van der Waals surface area contributed by atoms with E-state index in [4.69, 9.17) is 11.1 Å². The van der Waals surface area contributed by atoms with Crippen molar-refractivity contribution in [1.29, 1.82) is 5.41 Å². The lowest BCUT2D eigenvalue weighted by molar-refractivity contribution is -0.119. The van der Waals surface area contributed by atoms with Gasteiger partial charge < -0.3 is 10.1 Å². The number of rotatable bonds is 4. The largest absolute Gasteiger partial charge is 0.370 e. The van der Waals surface area contributed by atoms with Gasteiger partial charge in [-0.15, -0.1) is 0 Å². The minimum absolute atomic E-state index is 0.0899. The van der Waals surface area contributed by atoms with Crippen molar-refractivity contribution in [3.8, 4) is 0 Å². The molecule has 1 rings (SSSR count). The van der Waals surface area contributed by atoms with E-state index < -0.39 is 0 Å². The van der Waals surface area contributed by atoms with Gasteiger partial charge in [-0.3, -0.25) is 10.2 Å². The van der Waals surface area contributed by atoms with Crippen molar-refractivity contribution in [2.75, 3.05) is 5.75 Å². The van der Waals surface area contributed by atoms with Gasteiger partial charge in [0.2, 0.25) is 5.91 Å². The number of primary amides is 1. The van der Waals surface area contributed by atoms with Gasteiger partial charge in [0.15, 0.2) is 5.17 Å². The number of hydrogen-bond donors (Lipinski definition) is 3. The van der Waals surface area contributed by atoms with Gasteiger partial charge in [-0.25, -0.2) is 0 Å². The van der Waals surface area contributed by atoms with Gasteiger partial charge >= 0.3 is 0 Å². The highest BCUT2D eigenvalue weighted by Gasteiger charge is 2.43. The van der Waals surface area contributed by atoms with Crippen molar-refractivity contribution in [3.05, 3.63) is 0 Å². The zero-order valence-corrected chi connectivity index (χ0v) is 9.50. The predicted molar refractivity (Wildman–Crippen MR) is 57.7 cm³/mol. The molecule has 0 aromatic carbocycles. The summed E-state index contributed by atoms with van der Waals surface area (Å²) >= 11 is 4.37. The lowest BCUT2D eigenvalue weighted by Gasteiger charge is -2.11. The Labute approximate surface area is 89.9 Å². The van der Waals surface area contributed by atoms with Crippen molar-refractivity contribution in [2.24, 2.45) is 11.1 Å². The molecule has 0 spiro atoms. The number of carbonyl (C=O) groups excluding carboxylic acids is 1. The summed E-state index contributed by atoms with van der Waals surface area (Å²) in [7, 11) is 0. The van der Waals surface area contributed by atoms with Crippen LogP contribution < -0.4 is 10.1 Å². The molecule has 0 saturated heterocycles. The number of carbonyl (C=O) groups is 1. The van der Waals surface area contributed by atoms with E-state index in [0.717, 1.165) is 18.6 Å². The van der Waals surface area contributed by atoms with Crippen LogP contribution in [-0.4, -0.2) is 16.8 Å². The van der Waals surface area contributed by atoms with Gasteiger partial charge in [0.05, 0.1) is 0 Å². The first-order valence-corrected chi connectivity index (χ1v) is 5.72. The normalized spacial score (nSPS) is 17.9. The summed E-state index contributed by atoms with van der Waals surface area (Å²) in [5, 5.41) is 7.69. The van der Waals surface area contributed by atoms with E-state index in [-0.39, 0.29) is 11.3 Å². The quantitative estimate of drug-likeness (QED) is 0.406. The van der Waals surface area contributed by atoms with Crippen molar-refractivity contribution in [3.63, 3.8) is 0 Å². The third kappa shape index (κ3) is 3.56. The van der Waals surface area contributed by atoms with E-state index in [1.54, 1.807) is 0 Å². The van der Waals surface area contributed by atoms with E-state index >= 15 is 0 Å². The van der Waals surface area contributed by atoms with E-state index in [0.29, 0.717) is 11.6 Å². The van der Waals surface area contributed by atoms with Gasteiger partial charge in [0.25, 0.3) is 0 Å². The van der Waals surface area contributed by atoms with Crippen LogP contribution in [0.5, 0.6) is 0 Å². The molecule has 1 aliphatic rings. The Hall–Kier alpha value is -0.230. The van der Waals surface area contributed by atoms with E-state index in [1.807, 2.05) is 0 Å². The topological polar surface area (TPSA) is 79.0 Å². The van der Waals surface area contributed by atoms with Crippen LogP contribution in [0.25, 0.3) is 0 Å². The molecule has 0 bridgehead atoms. The predicted octanol–water partition coefficient (Wildman–Crippen LogP) is 1.21. The highest BCUT2D eigenvalue weighted by Crippen LogP contribution is 2.50. The number of halogens is 1. The summed E-state index contributed by atoms with van der Waals surface area (Å²) in [6.07, 6.45) is 2.56. The van der Waals surface area contributed by atoms with E-state index in [9.17, 15) is 4.79 Å². The van der Waals surface area contributed by atoms with E-state index in [2.05, 4.69) is 20.5 Å². The molecule has 1 aliphatic carbocycles. The summed E-state index contributed by atoms with van der Waals surface area (Å²) in [5.41, 5.74) is 5.22.